The van der Waals surface area contributed by atoms with E-state index in [1.54, 1.807) is 18.2 Å². The molecule has 0 fully saturated rings. The monoisotopic (exact) mass is 480 g/mol. The number of carbonyl (C=O) groups excluding carboxylic acids is 1. The van der Waals surface area contributed by atoms with E-state index in [2.05, 4.69) is 9.71 Å². The lowest BCUT2D eigenvalue weighted by molar-refractivity contribution is -0.146. The molecule has 182 valence electrons. The number of guanidine groups is 1. The number of hydrogen-bond donors (Lipinski definition) is 3. The summed E-state index contributed by atoms with van der Waals surface area (Å²) in [5, 5.41) is 1.42. The minimum atomic E-state index is -4.02. The van der Waals surface area contributed by atoms with Gasteiger partial charge >= 0.3 is 5.97 Å². The van der Waals surface area contributed by atoms with Gasteiger partial charge in [-0.25, -0.2) is 8.42 Å². The third-order valence-corrected chi connectivity index (χ3v) is 6.36. The zero-order chi connectivity index (χ0) is 24.4. The van der Waals surface area contributed by atoms with Crippen LogP contribution in [0.15, 0.2) is 40.2 Å². The fraction of sp³-hybridized carbons (Fsp3) is 0.455. The van der Waals surface area contributed by atoms with Crippen LogP contribution in [0.2, 0.25) is 0 Å². The highest BCUT2D eigenvalue weighted by molar-refractivity contribution is 7.89. The number of rotatable bonds is 13. The molecule has 11 heteroatoms. The normalized spacial score (nSPS) is 12.2. The number of unbranched alkanes of at least 4 members (excludes halogenated alkanes) is 1. The molecule has 0 aliphatic heterocycles. The molecular weight excluding hydrogens is 448 g/mol. The third-order valence-electron chi connectivity index (χ3n) is 4.89. The molecule has 2 rings (SSSR count). The van der Waals surface area contributed by atoms with E-state index < -0.39 is 22.0 Å². The molecule has 2 aromatic rings. The van der Waals surface area contributed by atoms with Crippen LogP contribution in [0, 0.1) is 0 Å². The predicted molar refractivity (Wildman–Crippen MR) is 127 cm³/mol. The number of fused-ring (bicyclic) bond motifs is 1. The number of ether oxygens (including phenoxy) is 3. The summed E-state index contributed by atoms with van der Waals surface area (Å²) >= 11 is 0. The molecular formula is C22H32N4O6S. The van der Waals surface area contributed by atoms with Crippen LogP contribution in [-0.2, 0) is 19.6 Å². The van der Waals surface area contributed by atoms with Crippen LogP contribution < -0.4 is 25.7 Å². The van der Waals surface area contributed by atoms with Crippen LogP contribution in [0.4, 0.5) is 0 Å². The number of nitrogens with zero attached hydrogens (tertiary/aromatic N) is 1. The maximum absolute atomic E-state index is 13.1. The Balaban J connectivity index is 2.27. The summed E-state index contributed by atoms with van der Waals surface area (Å²) in [5.41, 5.74) is 10.6. The van der Waals surface area contributed by atoms with Crippen molar-refractivity contribution in [1.29, 1.82) is 0 Å². The van der Waals surface area contributed by atoms with E-state index >= 15 is 0 Å². The number of sulfonamides is 1. The van der Waals surface area contributed by atoms with Crippen molar-refractivity contribution in [3.8, 4) is 11.5 Å². The molecule has 0 aliphatic rings. The average molecular weight is 481 g/mol. The number of carbonyl (C=O) groups is 1. The molecule has 0 heterocycles. The van der Waals surface area contributed by atoms with Crippen molar-refractivity contribution in [3.63, 3.8) is 0 Å². The van der Waals surface area contributed by atoms with E-state index in [1.165, 1.54) is 26.4 Å². The van der Waals surface area contributed by atoms with Crippen LogP contribution in [0.25, 0.3) is 10.8 Å². The standard InChI is InChI=1S/C22H32N4O6S/c1-4-5-11-32-21(27)18(7-6-10-25-22(23)24)26-33(28,29)17-9-8-15-13-19(30-2)20(31-3)14-16(15)12-17/h8-9,12-14,18,26H,4-7,10-11H2,1-3H3,(H4,23,24,25)/t18-/m0/s1. The lowest BCUT2D eigenvalue weighted by atomic mass is 10.1. The Morgan fingerprint density at radius 1 is 1.06 bits per heavy atom. The van der Waals surface area contributed by atoms with Crippen molar-refractivity contribution >= 4 is 32.7 Å². The van der Waals surface area contributed by atoms with Crippen LogP contribution in [0.3, 0.4) is 0 Å². The molecule has 1 atom stereocenters. The Bertz CT molecular complexity index is 1080. The molecule has 0 radical (unpaired) electrons. The van der Waals surface area contributed by atoms with Gasteiger partial charge in [0, 0.05) is 6.54 Å². The first-order valence-electron chi connectivity index (χ1n) is 10.6. The van der Waals surface area contributed by atoms with E-state index in [4.69, 9.17) is 25.7 Å². The first-order valence-corrected chi connectivity index (χ1v) is 12.1. The van der Waals surface area contributed by atoms with E-state index in [1.807, 2.05) is 6.92 Å². The molecule has 0 aliphatic carbocycles. The zero-order valence-corrected chi connectivity index (χ0v) is 20.0. The van der Waals surface area contributed by atoms with Crippen molar-refractivity contribution in [2.45, 2.75) is 43.5 Å². The Kier molecular flexibility index (Phi) is 9.74. The van der Waals surface area contributed by atoms with E-state index in [0.717, 1.165) is 11.8 Å². The van der Waals surface area contributed by atoms with Crippen LogP contribution in [-0.4, -0.2) is 53.8 Å². The number of esters is 1. The first-order chi connectivity index (χ1) is 15.7. The topological polar surface area (TPSA) is 155 Å². The third kappa shape index (κ3) is 7.50. The summed E-state index contributed by atoms with van der Waals surface area (Å²) < 4.78 is 44.5. The van der Waals surface area contributed by atoms with E-state index in [0.29, 0.717) is 29.7 Å². The number of methoxy groups -OCH3 is 2. The summed E-state index contributed by atoms with van der Waals surface area (Å²) in [7, 11) is -0.993. The first kappa shape index (κ1) is 26.2. The molecule has 0 spiro atoms. The van der Waals surface area contributed by atoms with Crippen LogP contribution in [0.1, 0.15) is 32.6 Å². The minimum Gasteiger partial charge on any atom is -0.493 e. The lowest BCUT2D eigenvalue weighted by Crippen LogP contribution is -2.42. The molecule has 0 unspecified atom stereocenters. The number of aliphatic imine (C=N–C) groups is 1. The Labute approximate surface area is 194 Å². The van der Waals surface area contributed by atoms with Gasteiger partial charge in [-0.3, -0.25) is 9.79 Å². The van der Waals surface area contributed by atoms with Gasteiger partial charge in [-0.15, -0.1) is 0 Å². The van der Waals surface area contributed by atoms with E-state index in [9.17, 15) is 13.2 Å². The van der Waals surface area contributed by atoms with Gasteiger partial charge in [-0.05, 0) is 54.3 Å². The highest BCUT2D eigenvalue weighted by Crippen LogP contribution is 2.33. The maximum atomic E-state index is 13.1. The van der Waals surface area contributed by atoms with Crippen molar-refractivity contribution in [3.05, 3.63) is 30.3 Å². The Morgan fingerprint density at radius 3 is 2.33 bits per heavy atom. The predicted octanol–water partition coefficient (Wildman–Crippen LogP) is 1.90. The fourth-order valence-electron chi connectivity index (χ4n) is 3.12. The molecule has 0 saturated heterocycles. The summed E-state index contributed by atoms with van der Waals surface area (Å²) in [6.07, 6.45) is 2.11. The number of nitrogens with one attached hydrogen (secondary N) is 1. The van der Waals surface area contributed by atoms with Gasteiger partial charge in [0.1, 0.15) is 6.04 Å². The molecule has 5 N–H and O–H groups in total. The molecule has 0 aromatic heterocycles. The van der Waals surface area contributed by atoms with Crippen molar-refractivity contribution in [1.82, 2.24) is 4.72 Å². The van der Waals surface area contributed by atoms with Gasteiger partial charge in [-0.1, -0.05) is 19.4 Å². The maximum Gasteiger partial charge on any atom is 0.324 e. The second kappa shape index (κ2) is 12.3. The molecule has 33 heavy (non-hydrogen) atoms. The summed E-state index contributed by atoms with van der Waals surface area (Å²) in [4.78, 5) is 16.4. The summed E-state index contributed by atoms with van der Waals surface area (Å²) in [6.45, 7) is 2.45. The van der Waals surface area contributed by atoms with Crippen molar-refractivity contribution < 1.29 is 27.4 Å². The van der Waals surface area contributed by atoms with Gasteiger partial charge in [0.05, 0.1) is 25.7 Å². The minimum absolute atomic E-state index is 0.0119. The smallest absolute Gasteiger partial charge is 0.324 e. The molecule has 0 saturated carbocycles. The van der Waals surface area contributed by atoms with Gasteiger partial charge in [-0.2, -0.15) is 4.72 Å². The quantitative estimate of drug-likeness (QED) is 0.170. The van der Waals surface area contributed by atoms with Gasteiger partial charge < -0.3 is 25.7 Å². The molecule has 10 nitrogen and oxygen atoms in total. The summed E-state index contributed by atoms with van der Waals surface area (Å²) in [5.74, 6) is 0.309. The van der Waals surface area contributed by atoms with E-state index in [-0.39, 0.29) is 30.4 Å². The van der Waals surface area contributed by atoms with Gasteiger partial charge in [0.2, 0.25) is 10.0 Å². The molecule has 0 amide bonds. The molecule has 0 bridgehead atoms. The Hall–Kier alpha value is -3.05. The number of benzene rings is 2. The second-order valence-electron chi connectivity index (χ2n) is 7.36. The molecule has 2 aromatic carbocycles. The largest absolute Gasteiger partial charge is 0.493 e. The average Bonchev–Trinajstić information content (AvgIpc) is 2.79. The zero-order valence-electron chi connectivity index (χ0n) is 19.2. The fourth-order valence-corrected chi connectivity index (χ4v) is 4.38. The van der Waals surface area contributed by atoms with Crippen LogP contribution in [0.5, 0.6) is 11.5 Å². The van der Waals surface area contributed by atoms with Gasteiger partial charge in [0.25, 0.3) is 0 Å². The second-order valence-corrected chi connectivity index (χ2v) is 9.07. The number of hydrogen-bond acceptors (Lipinski definition) is 7. The lowest BCUT2D eigenvalue weighted by Gasteiger charge is -2.18. The SMILES string of the molecule is CCCCOC(=O)[C@H](CCCN=C(N)N)NS(=O)(=O)c1ccc2cc(OC)c(OC)cc2c1. The van der Waals surface area contributed by atoms with Crippen molar-refractivity contribution in [2.75, 3.05) is 27.4 Å². The highest BCUT2D eigenvalue weighted by Gasteiger charge is 2.27. The van der Waals surface area contributed by atoms with Crippen LogP contribution >= 0.6 is 0 Å². The van der Waals surface area contributed by atoms with Crippen molar-refractivity contribution in [2.24, 2.45) is 16.5 Å². The Morgan fingerprint density at radius 2 is 1.73 bits per heavy atom. The number of nitrogens with two attached hydrogens (primary N) is 2. The summed E-state index contributed by atoms with van der Waals surface area (Å²) in [6, 6.07) is 7.03. The highest BCUT2D eigenvalue weighted by atomic mass is 32.2. The van der Waals surface area contributed by atoms with Gasteiger partial charge in [0.15, 0.2) is 17.5 Å².